The van der Waals surface area contributed by atoms with E-state index in [1.165, 1.54) is 6.33 Å². The molecule has 120 valence electrons. The van der Waals surface area contributed by atoms with Crippen molar-refractivity contribution >= 4 is 33.6 Å². The Balaban J connectivity index is 1.76. The zero-order chi connectivity index (χ0) is 16.7. The Labute approximate surface area is 138 Å². The van der Waals surface area contributed by atoms with Crippen LogP contribution in [0.3, 0.4) is 0 Å². The summed E-state index contributed by atoms with van der Waals surface area (Å²) in [6, 6.07) is 13.7. The standard InChI is InChI=1S/C18H17N5O/c1-11(15-9-12-5-3-4-6-14(12)24-15)23(2)18-13-7-8-16(19)22-17(13)20-10-21-18/h3-11H,1-2H3,(H2,19,20,21,22). The highest BCUT2D eigenvalue weighted by Crippen LogP contribution is 2.31. The van der Waals surface area contributed by atoms with Crippen molar-refractivity contribution in [1.29, 1.82) is 0 Å². The molecule has 0 amide bonds. The van der Waals surface area contributed by atoms with Gasteiger partial charge in [-0.05, 0) is 31.2 Å². The van der Waals surface area contributed by atoms with Gasteiger partial charge in [0, 0.05) is 12.4 Å². The normalized spacial score (nSPS) is 12.6. The molecule has 1 aromatic carbocycles. The number of anilines is 2. The van der Waals surface area contributed by atoms with Crippen LogP contribution >= 0.6 is 0 Å². The number of pyridine rings is 1. The van der Waals surface area contributed by atoms with Gasteiger partial charge in [0.1, 0.15) is 29.3 Å². The van der Waals surface area contributed by atoms with Crippen molar-refractivity contribution in [3.05, 3.63) is 54.6 Å². The summed E-state index contributed by atoms with van der Waals surface area (Å²) < 4.78 is 5.98. The highest BCUT2D eigenvalue weighted by molar-refractivity contribution is 5.87. The fourth-order valence-corrected chi connectivity index (χ4v) is 2.81. The lowest BCUT2D eigenvalue weighted by Crippen LogP contribution is -2.22. The Kier molecular flexibility index (Phi) is 3.30. The van der Waals surface area contributed by atoms with Gasteiger partial charge < -0.3 is 15.1 Å². The van der Waals surface area contributed by atoms with Gasteiger partial charge in [-0.3, -0.25) is 0 Å². The van der Waals surface area contributed by atoms with Crippen molar-refractivity contribution in [3.8, 4) is 0 Å². The largest absolute Gasteiger partial charge is 0.459 e. The van der Waals surface area contributed by atoms with Gasteiger partial charge in [0.15, 0.2) is 5.65 Å². The predicted molar refractivity (Wildman–Crippen MR) is 94.8 cm³/mol. The molecule has 0 bridgehead atoms. The summed E-state index contributed by atoms with van der Waals surface area (Å²) in [5.41, 5.74) is 7.21. The van der Waals surface area contributed by atoms with Crippen LogP contribution < -0.4 is 10.6 Å². The smallest absolute Gasteiger partial charge is 0.166 e. The molecule has 0 aliphatic heterocycles. The van der Waals surface area contributed by atoms with Crippen LogP contribution in [-0.4, -0.2) is 22.0 Å². The third-order valence-electron chi connectivity index (χ3n) is 4.27. The van der Waals surface area contributed by atoms with E-state index in [-0.39, 0.29) is 6.04 Å². The number of rotatable bonds is 3. The van der Waals surface area contributed by atoms with Crippen LogP contribution in [-0.2, 0) is 0 Å². The van der Waals surface area contributed by atoms with Gasteiger partial charge in [-0.1, -0.05) is 18.2 Å². The first-order valence-corrected chi connectivity index (χ1v) is 7.72. The van der Waals surface area contributed by atoms with E-state index in [0.717, 1.165) is 27.9 Å². The quantitative estimate of drug-likeness (QED) is 0.622. The number of benzene rings is 1. The highest BCUT2D eigenvalue weighted by Gasteiger charge is 2.20. The summed E-state index contributed by atoms with van der Waals surface area (Å²) in [7, 11) is 1.98. The van der Waals surface area contributed by atoms with Gasteiger partial charge in [-0.2, -0.15) is 0 Å². The van der Waals surface area contributed by atoms with Crippen LogP contribution in [0.25, 0.3) is 22.0 Å². The monoisotopic (exact) mass is 319 g/mol. The number of nitrogens with zero attached hydrogens (tertiary/aromatic N) is 4. The van der Waals surface area contributed by atoms with Crippen LogP contribution in [0.15, 0.2) is 53.2 Å². The average Bonchev–Trinajstić information content (AvgIpc) is 3.03. The van der Waals surface area contributed by atoms with Crippen molar-refractivity contribution in [3.63, 3.8) is 0 Å². The molecule has 0 fully saturated rings. The fourth-order valence-electron chi connectivity index (χ4n) is 2.81. The van der Waals surface area contributed by atoms with Crippen LogP contribution in [0.1, 0.15) is 18.7 Å². The number of nitrogen functional groups attached to an aromatic ring is 1. The third-order valence-corrected chi connectivity index (χ3v) is 4.27. The summed E-state index contributed by atoms with van der Waals surface area (Å²) in [6.07, 6.45) is 1.51. The van der Waals surface area contributed by atoms with Crippen molar-refractivity contribution in [1.82, 2.24) is 15.0 Å². The van der Waals surface area contributed by atoms with E-state index in [0.29, 0.717) is 11.5 Å². The highest BCUT2D eigenvalue weighted by atomic mass is 16.3. The zero-order valence-electron chi connectivity index (χ0n) is 13.5. The number of furan rings is 1. The molecule has 1 atom stereocenters. The molecule has 6 heteroatoms. The van der Waals surface area contributed by atoms with Gasteiger partial charge >= 0.3 is 0 Å². The van der Waals surface area contributed by atoms with Crippen LogP contribution in [0.5, 0.6) is 0 Å². The van der Waals surface area contributed by atoms with Gasteiger partial charge in [-0.25, -0.2) is 15.0 Å². The maximum atomic E-state index is 5.98. The number of aromatic nitrogens is 3. The number of hydrogen-bond donors (Lipinski definition) is 1. The molecule has 0 saturated carbocycles. The minimum absolute atomic E-state index is 0.00746. The first-order chi connectivity index (χ1) is 11.6. The molecule has 2 N–H and O–H groups in total. The van der Waals surface area contributed by atoms with Crippen molar-refractivity contribution in [2.45, 2.75) is 13.0 Å². The van der Waals surface area contributed by atoms with E-state index in [2.05, 4.69) is 32.8 Å². The topological polar surface area (TPSA) is 81.1 Å². The molecule has 0 spiro atoms. The minimum Gasteiger partial charge on any atom is -0.459 e. The van der Waals surface area contributed by atoms with Crippen LogP contribution in [0, 0.1) is 0 Å². The van der Waals surface area contributed by atoms with Gasteiger partial charge in [0.05, 0.1) is 11.4 Å². The number of hydrogen-bond acceptors (Lipinski definition) is 6. The fraction of sp³-hybridized carbons (Fsp3) is 0.167. The molecule has 3 aromatic heterocycles. The van der Waals surface area contributed by atoms with Gasteiger partial charge in [0.2, 0.25) is 0 Å². The molecule has 0 radical (unpaired) electrons. The Morgan fingerprint density at radius 3 is 2.79 bits per heavy atom. The molecular weight excluding hydrogens is 302 g/mol. The van der Waals surface area contributed by atoms with E-state index in [4.69, 9.17) is 10.2 Å². The lowest BCUT2D eigenvalue weighted by Gasteiger charge is -2.25. The van der Waals surface area contributed by atoms with E-state index in [1.807, 2.05) is 37.4 Å². The molecular formula is C18H17N5O. The van der Waals surface area contributed by atoms with E-state index >= 15 is 0 Å². The number of nitrogens with two attached hydrogens (primary N) is 1. The first kappa shape index (κ1) is 14.4. The van der Waals surface area contributed by atoms with Gasteiger partial charge in [-0.15, -0.1) is 0 Å². The minimum atomic E-state index is 0.00746. The van der Waals surface area contributed by atoms with Crippen LogP contribution in [0.4, 0.5) is 11.6 Å². The average molecular weight is 319 g/mol. The molecule has 0 aliphatic carbocycles. The molecule has 6 nitrogen and oxygen atoms in total. The number of fused-ring (bicyclic) bond motifs is 2. The Morgan fingerprint density at radius 2 is 1.96 bits per heavy atom. The first-order valence-electron chi connectivity index (χ1n) is 7.72. The van der Waals surface area contributed by atoms with Gasteiger partial charge in [0.25, 0.3) is 0 Å². The Hall–Kier alpha value is -3.15. The van der Waals surface area contributed by atoms with E-state index < -0.39 is 0 Å². The molecule has 1 unspecified atom stereocenters. The van der Waals surface area contributed by atoms with E-state index in [9.17, 15) is 0 Å². The molecule has 0 aliphatic rings. The molecule has 4 aromatic rings. The van der Waals surface area contributed by atoms with E-state index in [1.54, 1.807) is 6.07 Å². The lowest BCUT2D eigenvalue weighted by molar-refractivity contribution is 0.501. The third kappa shape index (κ3) is 2.32. The maximum absolute atomic E-state index is 5.98. The number of para-hydroxylation sites is 1. The Bertz CT molecular complexity index is 993. The molecule has 4 rings (SSSR count). The summed E-state index contributed by atoms with van der Waals surface area (Å²) in [5.74, 6) is 2.12. The maximum Gasteiger partial charge on any atom is 0.166 e. The molecule has 0 saturated heterocycles. The molecule has 24 heavy (non-hydrogen) atoms. The second kappa shape index (κ2) is 5.49. The summed E-state index contributed by atoms with van der Waals surface area (Å²) in [4.78, 5) is 14.9. The molecule has 3 heterocycles. The van der Waals surface area contributed by atoms with Crippen LogP contribution in [0.2, 0.25) is 0 Å². The van der Waals surface area contributed by atoms with Crippen molar-refractivity contribution in [2.24, 2.45) is 0 Å². The summed E-state index contributed by atoms with van der Waals surface area (Å²) in [5, 5.41) is 1.95. The predicted octanol–water partition coefficient (Wildman–Crippen LogP) is 3.55. The van der Waals surface area contributed by atoms with Crippen molar-refractivity contribution < 1.29 is 4.42 Å². The lowest BCUT2D eigenvalue weighted by atomic mass is 10.2. The van der Waals surface area contributed by atoms with Crippen molar-refractivity contribution in [2.75, 3.05) is 17.7 Å². The summed E-state index contributed by atoms with van der Waals surface area (Å²) in [6.45, 7) is 2.08. The second-order valence-corrected chi connectivity index (χ2v) is 5.78. The summed E-state index contributed by atoms with van der Waals surface area (Å²) >= 11 is 0. The SMILES string of the molecule is CC(c1cc2ccccc2o1)N(C)c1ncnc2nc(N)ccc12. The zero-order valence-corrected chi connectivity index (χ0v) is 13.5. The Morgan fingerprint density at radius 1 is 1.12 bits per heavy atom. The second-order valence-electron chi connectivity index (χ2n) is 5.78.